The van der Waals surface area contributed by atoms with Crippen LogP contribution in [0.5, 0.6) is 0 Å². The van der Waals surface area contributed by atoms with Gasteiger partial charge >= 0.3 is 5.97 Å². The van der Waals surface area contributed by atoms with Gasteiger partial charge in [-0.1, -0.05) is 6.92 Å². The van der Waals surface area contributed by atoms with E-state index in [1.54, 1.807) is 6.92 Å². The fraction of sp³-hybridized carbons (Fsp3) is 0.632. The van der Waals surface area contributed by atoms with Crippen molar-refractivity contribution in [2.75, 3.05) is 6.54 Å². The summed E-state index contributed by atoms with van der Waals surface area (Å²) in [5, 5.41) is 16.0. The van der Waals surface area contributed by atoms with E-state index in [9.17, 15) is 33.6 Å². The highest BCUT2D eigenvalue weighted by Crippen LogP contribution is 2.18. The summed E-state index contributed by atoms with van der Waals surface area (Å²) in [6.07, 6.45) is -0.733. The van der Waals surface area contributed by atoms with Crippen LogP contribution >= 0.6 is 0 Å². The topological polar surface area (TPSA) is 179 Å². The zero-order valence-electron chi connectivity index (χ0n) is 17.9. The molecular weight excluding hydrogens is 412 g/mol. The number of carbonyl (C=O) groups excluding carboxylic acids is 6. The predicted octanol–water partition coefficient (Wildman–Crippen LogP) is -1.67. The Balaban J connectivity index is 2.77. The van der Waals surface area contributed by atoms with Crippen LogP contribution in [0.3, 0.4) is 0 Å². The molecule has 0 aliphatic carbocycles. The average Bonchev–Trinajstić information content (AvgIpc) is 2.90. The molecule has 0 spiro atoms. The summed E-state index contributed by atoms with van der Waals surface area (Å²) in [6.45, 7) is 5.10. The van der Waals surface area contributed by atoms with Crippen molar-refractivity contribution in [3.63, 3.8) is 0 Å². The number of nitrogens with zero attached hydrogens (tertiary/aromatic N) is 1. The van der Waals surface area contributed by atoms with Gasteiger partial charge in [-0.3, -0.25) is 38.5 Å². The maximum Gasteiger partial charge on any atom is 0.303 e. The first-order valence-corrected chi connectivity index (χ1v) is 9.80. The second-order valence-corrected chi connectivity index (χ2v) is 7.55. The molecule has 172 valence electrons. The summed E-state index contributed by atoms with van der Waals surface area (Å²) in [7, 11) is 0. The number of aliphatic carboxylic acids is 1. The molecule has 31 heavy (non-hydrogen) atoms. The molecule has 1 fully saturated rings. The average molecular weight is 440 g/mol. The number of imide groups is 1. The first-order valence-electron chi connectivity index (χ1n) is 9.80. The Labute approximate surface area is 179 Å². The molecule has 0 saturated carbocycles. The number of rotatable bonds is 11. The Morgan fingerprint density at radius 2 is 1.61 bits per heavy atom. The number of Topliss-reactive ketones (excluding diaryl/α,β-unsaturated/α-hetero) is 1. The van der Waals surface area contributed by atoms with Crippen molar-refractivity contribution in [3.05, 3.63) is 0 Å². The molecule has 0 aromatic heterocycles. The van der Waals surface area contributed by atoms with Gasteiger partial charge in [0.15, 0.2) is 5.78 Å². The number of nitrogens with one attached hydrogen (secondary N) is 3. The maximum atomic E-state index is 12.5. The lowest BCUT2D eigenvalue weighted by Gasteiger charge is -2.22. The molecule has 1 aliphatic rings. The number of likely N-dealkylation sites (tertiary alicyclic amines) is 1. The Morgan fingerprint density at radius 1 is 1.03 bits per heavy atom. The van der Waals surface area contributed by atoms with Gasteiger partial charge < -0.3 is 21.1 Å². The zero-order chi connectivity index (χ0) is 23.9. The van der Waals surface area contributed by atoms with Crippen molar-refractivity contribution in [1.82, 2.24) is 20.9 Å². The number of hydrogen-bond donors (Lipinski definition) is 4. The summed E-state index contributed by atoms with van der Waals surface area (Å²) in [5.41, 5.74) is 0. The molecule has 0 radical (unpaired) electrons. The molecule has 4 N–H and O–H groups in total. The van der Waals surface area contributed by atoms with E-state index in [1.807, 2.05) is 0 Å². The SMILES string of the molecule is CC(=O)[C@H](C)NC(=O)[C@H](C)NC(=O)[C@H](CCC(=O)O)NC(=O)CN1C(=O)CC(C)C1=O. The number of ketones is 1. The highest BCUT2D eigenvalue weighted by atomic mass is 16.4. The standard InChI is InChI=1S/C19H28N4O8/c1-9-7-15(26)23(19(9)31)8-14(25)22-13(5-6-16(27)28)18(30)21-11(3)17(29)20-10(2)12(4)24/h9-11,13H,5-8H2,1-4H3,(H,20,29)(H,21,30)(H,22,25)(H,27,28)/t9?,10-,11-,13-/m0/s1. The van der Waals surface area contributed by atoms with Gasteiger partial charge in [-0.15, -0.1) is 0 Å². The van der Waals surface area contributed by atoms with E-state index < -0.39 is 72.5 Å². The lowest BCUT2D eigenvalue weighted by Crippen LogP contribution is -2.55. The van der Waals surface area contributed by atoms with Crippen molar-refractivity contribution < 1.29 is 38.7 Å². The van der Waals surface area contributed by atoms with Gasteiger partial charge in [-0.25, -0.2) is 0 Å². The van der Waals surface area contributed by atoms with Crippen molar-refractivity contribution in [2.24, 2.45) is 5.92 Å². The van der Waals surface area contributed by atoms with Crippen LogP contribution in [0.4, 0.5) is 0 Å². The van der Waals surface area contributed by atoms with E-state index in [1.165, 1.54) is 20.8 Å². The fourth-order valence-corrected chi connectivity index (χ4v) is 2.75. The molecule has 1 rings (SSSR count). The highest BCUT2D eigenvalue weighted by Gasteiger charge is 2.37. The van der Waals surface area contributed by atoms with Gasteiger partial charge in [0, 0.05) is 18.8 Å². The molecule has 1 unspecified atom stereocenters. The Hall–Kier alpha value is -3.31. The minimum Gasteiger partial charge on any atom is -0.481 e. The summed E-state index contributed by atoms with van der Waals surface area (Å²) >= 11 is 0. The number of amides is 5. The molecule has 1 heterocycles. The third-order valence-corrected chi connectivity index (χ3v) is 4.79. The molecular formula is C19H28N4O8. The van der Waals surface area contributed by atoms with Gasteiger partial charge in [0.1, 0.15) is 18.6 Å². The molecule has 5 amide bonds. The second-order valence-electron chi connectivity index (χ2n) is 7.55. The molecule has 0 bridgehead atoms. The van der Waals surface area contributed by atoms with E-state index in [4.69, 9.17) is 5.11 Å². The van der Waals surface area contributed by atoms with Crippen LogP contribution in [0.1, 0.15) is 47.0 Å². The third kappa shape index (κ3) is 7.79. The van der Waals surface area contributed by atoms with E-state index in [-0.39, 0.29) is 18.6 Å². The Morgan fingerprint density at radius 3 is 2.10 bits per heavy atom. The van der Waals surface area contributed by atoms with E-state index in [2.05, 4.69) is 16.0 Å². The van der Waals surface area contributed by atoms with Gasteiger partial charge in [0.25, 0.3) is 0 Å². The van der Waals surface area contributed by atoms with Crippen molar-refractivity contribution in [2.45, 2.75) is 65.1 Å². The second kappa shape index (κ2) is 11.2. The maximum absolute atomic E-state index is 12.5. The minimum absolute atomic E-state index is 0.0135. The fourth-order valence-electron chi connectivity index (χ4n) is 2.75. The summed E-state index contributed by atoms with van der Waals surface area (Å²) in [4.78, 5) is 83.6. The first-order chi connectivity index (χ1) is 14.3. The Kier molecular flexibility index (Phi) is 9.28. The number of carbonyl (C=O) groups is 7. The lowest BCUT2D eigenvalue weighted by molar-refractivity contribution is -0.143. The normalized spacial score (nSPS) is 18.7. The van der Waals surface area contributed by atoms with Crippen LogP contribution in [-0.2, 0) is 33.6 Å². The summed E-state index contributed by atoms with van der Waals surface area (Å²) in [5.74, 6) is -5.31. The van der Waals surface area contributed by atoms with Gasteiger partial charge in [-0.05, 0) is 27.2 Å². The van der Waals surface area contributed by atoms with Crippen LogP contribution in [0, 0.1) is 5.92 Å². The van der Waals surface area contributed by atoms with Crippen molar-refractivity contribution in [3.8, 4) is 0 Å². The van der Waals surface area contributed by atoms with Crippen LogP contribution < -0.4 is 16.0 Å². The number of carboxylic acid groups (broad SMARTS) is 1. The molecule has 0 aromatic rings. The van der Waals surface area contributed by atoms with E-state index in [0.717, 1.165) is 4.90 Å². The minimum atomic E-state index is -1.31. The summed E-state index contributed by atoms with van der Waals surface area (Å²) in [6, 6.07) is -3.14. The smallest absolute Gasteiger partial charge is 0.303 e. The van der Waals surface area contributed by atoms with Crippen LogP contribution in [-0.4, -0.2) is 76.0 Å². The van der Waals surface area contributed by atoms with Crippen molar-refractivity contribution >= 4 is 41.3 Å². The zero-order valence-corrected chi connectivity index (χ0v) is 17.9. The molecule has 12 nitrogen and oxygen atoms in total. The first kappa shape index (κ1) is 25.7. The van der Waals surface area contributed by atoms with Gasteiger partial charge in [-0.2, -0.15) is 0 Å². The number of carboxylic acids is 1. The van der Waals surface area contributed by atoms with Gasteiger partial charge in [0.05, 0.1) is 6.04 Å². The highest BCUT2D eigenvalue weighted by molar-refractivity contribution is 6.06. The van der Waals surface area contributed by atoms with Crippen LogP contribution in [0.25, 0.3) is 0 Å². The molecule has 0 aromatic carbocycles. The largest absolute Gasteiger partial charge is 0.481 e. The van der Waals surface area contributed by atoms with Crippen LogP contribution in [0.2, 0.25) is 0 Å². The number of hydrogen-bond acceptors (Lipinski definition) is 7. The van der Waals surface area contributed by atoms with E-state index in [0.29, 0.717) is 0 Å². The molecule has 1 saturated heterocycles. The van der Waals surface area contributed by atoms with Gasteiger partial charge in [0.2, 0.25) is 29.5 Å². The predicted molar refractivity (Wildman–Crippen MR) is 105 cm³/mol. The molecule has 1 aliphatic heterocycles. The van der Waals surface area contributed by atoms with E-state index >= 15 is 0 Å². The Bertz CT molecular complexity index is 781. The third-order valence-electron chi connectivity index (χ3n) is 4.79. The quantitative estimate of drug-likeness (QED) is 0.275. The van der Waals surface area contributed by atoms with Crippen LogP contribution in [0.15, 0.2) is 0 Å². The van der Waals surface area contributed by atoms with Crippen molar-refractivity contribution in [1.29, 1.82) is 0 Å². The monoisotopic (exact) mass is 440 g/mol. The molecule has 12 heteroatoms. The molecule has 4 atom stereocenters. The summed E-state index contributed by atoms with van der Waals surface area (Å²) < 4.78 is 0. The lowest BCUT2D eigenvalue weighted by atomic mass is 10.1.